The monoisotopic (exact) mass is 577 g/mol. The van der Waals surface area contributed by atoms with Crippen LogP contribution in [0.2, 0.25) is 0 Å². The Bertz CT molecular complexity index is 1130. The molecule has 0 spiro atoms. The number of aryl methyl sites for hydroxylation is 3. The Morgan fingerprint density at radius 1 is 1.07 bits per heavy atom. The molecule has 0 aliphatic carbocycles. The largest absolute Gasteiger partial charge is 0.343 e. The van der Waals surface area contributed by atoms with Crippen LogP contribution < -0.4 is 9.47 Å². The normalized spacial score (nSPS) is 18.7. The van der Waals surface area contributed by atoms with Gasteiger partial charge in [-0.05, 0) is 73.6 Å². The van der Waals surface area contributed by atoms with Gasteiger partial charge in [0.05, 0.1) is 6.54 Å². The SMILES string of the molecule is CC.CCCCN(C(=O)CN1CC(c2ccc(CC)c(CCC)c2)CC1CCCN1CCCC1=O)c1ccc[n+](C)c1. The van der Waals surface area contributed by atoms with Crippen LogP contribution in [0.3, 0.4) is 0 Å². The number of unbranched alkanes of at least 4 members (excludes halogenated alkanes) is 1. The van der Waals surface area contributed by atoms with Gasteiger partial charge in [-0.3, -0.25) is 14.5 Å². The van der Waals surface area contributed by atoms with Gasteiger partial charge in [-0.25, -0.2) is 4.57 Å². The van der Waals surface area contributed by atoms with Crippen LogP contribution >= 0.6 is 0 Å². The number of anilines is 1. The predicted molar refractivity (Wildman–Crippen MR) is 174 cm³/mol. The Morgan fingerprint density at radius 2 is 1.88 bits per heavy atom. The van der Waals surface area contributed by atoms with Crippen molar-refractivity contribution in [2.45, 2.75) is 111 Å². The molecule has 2 unspecified atom stereocenters. The molecule has 2 atom stereocenters. The number of aromatic nitrogens is 1. The minimum Gasteiger partial charge on any atom is -0.343 e. The number of benzene rings is 1. The van der Waals surface area contributed by atoms with Gasteiger partial charge in [0.15, 0.2) is 12.4 Å². The number of rotatable bonds is 14. The van der Waals surface area contributed by atoms with E-state index in [9.17, 15) is 9.59 Å². The van der Waals surface area contributed by atoms with E-state index in [4.69, 9.17) is 0 Å². The standard InChI is InChI=1S/C34H51N4O2.C2H6/c1-5-8-21-38(32-14-9-18-35(4)25-32)34(40)26-37-24-30(29-17-16-27(7-3)28(22-29)12-6-2)23-31(37)13-10-19-36-20-11-15-33(36)39;1-2/h9,14,16-18,22,25,30-31H,5-8,10-13,15,19-21,23-24,26H2,1-4H3;1-2H3/q+1;. The van der Waals surface area contributed by atoms with Crippen LogP contribution in [0.4, 0.5) is 5.69 Å². The van der Waals surface area contributed by atoms with E-state index < -0.39 is 0 Å². The van der Waals surface area contributed by atoms with Crippen molar-refractivity contribution in [1.82, 2.24) is 9.80 Å². The molecule has 232 valence electrons. The number of likely N-dealkylation sites (tertiary alicyclic amines) is 2. The number of carbonyl (C=O) groups is 2. The number of amides is 2. The summed E-state index contributed by atoms with van der Waals surface area (Å²) in [5, 5.41) is 0. The third kappa shape index (κ3) is 9.13. The van der Waals surface area contributed by atoms with Crippen molar-refractivity contribution in [2.75, 3.05) is 37.6 Å². The molecule has 2 aliphatic rings. The predicted octanol–water partition coefficient (Wildman–Crippen LogP) is 6.45. The van der Waals surface area contributed by atoms with Gasteiger partial charge in [0.1, 0.15) is 12.7 Å². The molecule has 6 heteroatoms. The van der Waals surface area contributed by atoms with E-state index >= 15 is 0 Å². The van der Waals surface area contributed by atoms with Gasteiger partial charge in [0.2, 0.25) is 11.8 Å². The van der Waals surface area contributed by atoms with Crippen LogP contribution in [-0.2, 0) is 29.5 Å². The quantitative estimate of drug-likeness (QED) is 0.243. The molecule has 6 nitrogen and oxygen atoms in total. The Labute approximate surface area is 256 Å². The lowest BCUT2D eigenvalue weighted by Crippen LogP contribution is -2.44. The van der Waals surface area contributed by atoms with E-state index in [1.807, 2.05) is 47.5 Å². The van der Waals surface area contributed by atoms with Gasteiger partial charge >= 0.3 is 0 Å². The maximum atomic E-state index is 13.9. The van der Waals surface area contributed by atoms with Gasteiger partial charge in [-0.1, -0.05) is 65.7 Å². The van der Waals surface area contributed by atoms with Gasteiger partial charge in [0.25, 0.3) is 0 Å². The summed E-state index contributed by atoms with van der Waals surface area (Å²) in [7, 11) is 2.01. The van der Waals surface area contributed by atoms with Crippen LogP contribution in [0.25, 0.3) is 0 Å². The summed E-state index contributed by atoms with van der Waals surface area (Å²) in [5.41, 5.74) is 5.35. The second-order valence-electron chi connectivity index (χ2n) is 11.9. The van der Waals surface area contributed by atoms with Crippen molar-refractivity contribution in [3.8, 4) is 0 Å². The summed E-state index contributed by atoms with van der Waals surface area (Å²) in [6.45, 7) is 14.5. The molecule has 2 amide bonds. The van der Waals surface area contributed by atoms with Gasteiger partial charge in [-0.2, -0.15) is 0 Å². The molecule has 42 heavy (non-hydrogen) atoms. The van der Waals surface area contributed by atoms with E-state index in [0.29, 0.717) is 30.8 Å². The lowest BCUT2D eigenvalue weighted by molar-refractivity contribution is -0.670. The second-order valence-corrected chi connectivity index (χ2v) is 11.9. The average Bonchev–Trinajstić information content (AvgIpc) is 3.60. The maximum absolute atomic E-state index is 13.9. The summed E-state index contributed by atoms with van der Waals surface area (Å²) in [4.78, 5) is 32.5. The van der Waals surface area contributed by atoms with Gasteiger partial charge in [-0.15, -0.1) is 0 Å². The first kappa shape index (κ1) is 33.8. The Morgan fingerprint density at radius 3 is 2.55 bits per heavy atom. The van der Waals surface area contributed by atoms with Crippen LogP contribution in [-0.4, -0.2) is 60.4 Å². The molecule has 1 aromatic heterocycles. The lowest BCUT2D eigenvalue weighted by Gasteiger charge is -2.28. The zero-order valence-corrected chi connectivity index (χ0v) is 27.4. The summed E-state index contributed by atoms with van der Waals surface area (Å²) in [6, 6.07) is 11.6. The smallest absolute Gasteiger partial charge is 0.241 e. The highest BCUT2D eigenvalue weighted by molar-refractivity contribution is 5.94. The number of carbonyl (C=O) groups excluding carboxylic acids is 2. The molecule has 0 bridgehead atoms. The topological polar surface area (TPSA) is 47.7 Å². The van der Waals surface area contributed by atoms with E-state index in [1.54, 1.807) is 0 Å². The maximum Gasteiger partial charge on any atom is 0.241 e. The fourth-order valence-electron chi connectivity index (χ4n) is 6.63. The summed E-state index contributed by atoms with van der Waals surface area (Å²) >= 11 is 0. The van der Waals surface area contributed by atoms with Crippen molar-refractivity contribution in [1.29, 1.82) is 0 Å². The Kier molecular flexibility index (Phi) is 14.0. The summed E-state index contributed by atoms with van der Waals surface area (Å²) in [5.74, 6) is 0.928. The van der Waals surface area contributed by atoms with Gasteiger partial charge in [0, 0.05) is 44.7 Å². The first-order chi connectivity index (χ1) is 20.4. The number of nitrogens with zero attached hydrogens (tertiary/aromatic N) is 4. The Balaban J connectivity index is 0.00000237. The molecule has 2 aliphatic heterocycles. The van der Waals surface area contributed by atoms with Crippen molar-refractivity contribution in [3.63, 3.8) is 0 Å². The molecular formula is C36H57N4O2+. The van der Waals surface area contributed by atoms with E-state index in [2.05, 4.69) is 56.1 Å². The highest BCUT2D eigenvalue weighted by Gasteiger charge is 2.35. The van der Waals surface area contributed by atoms with E-state index in [0.717, 1.165) is 89.7 Å². The fourth-order valence-corrected chi connectivity index (χ4v) is 6.63. The average molecular weight is 578 g/mol. The molecule has 2 fully saturated rings. The van der Waals surface area contributed by atoms with Gasteiger partial charge < -0.3 is 9.80 Å². The summed E-state index contributed by atoms with van der Waals surface area (Å²) < 4.78 is 2.02. The highest BCUT2D eigenvalue weighted by Crippen LogP contribution is 2.35. The molecule has 3 heterocycles. The minimum atomic E-state index is 0.188. The van der Waals surface area contributed by atoms with Crippen molar-refractivity contribution >= 4 is 17.5 Å². The zero-order valence-electron chi connectivity index (χ0n) is 27.4. The third-order valence-corrected chi connectivity index (χ3v) is 8.88. The lowest BCUT2D eigenvalue weighted by atomic mass is 9.90. The molecule has 1 aromatic carbocycles. The molecule has 0 saturated carbocycles. The third-order valence-electron chi connectivity index (χ3n) is 8.88. The molecule has 2 saturated heterocycles. The van der Waals surface area contributed by atoms with Crippen LogP contribution in [0.5, 0.6) is 0 Å². The molecule has 2 aromatic rings. The highest BCUT2D eigenvalue weighted by atomic mass is 16.2. The summed E-state index contributed by atoms with van der Waals surface area (Å²) in [6.07, 6.45) is 14.3. The first-order valence-corrected chi connectivity index (χ1v) is 16.8. The zero-order chi connectivity index (χ0) is 30.5. The fraction of sp³-hybridized carbons (Fsp3) is 0.639. The number of pyridine rings is 1. The molecule has 4 rings (SSSR count). The van der Waals surface area contributed by atoms with Crippen molar-refractivity contribution in [3.05, 3.63) is 59.4 Å². The van der Waals surface area contributed by atoms with Crippen molar-refractivity contribution < 1.29 is 14.2 Å². The molecular weight excluding hydrogens is 520 g/mol. The molecule has 0 N–H and O–H groups in total. The van der Waals surface area contributed by atoms with E-state index in [1.165, 1.54) is 16.7 Å². The molecule has 0 radical (unpaired) electrons. The first-order valence-electron chi connectivity index (χ1n) is 16.8. The van der Waals surface area contributed by atoms with Crippen LogP contribution in [0, 0.1) is 0 Å². The number of hydrogen-bond acceptors (Lipinski definition) is 3. The van der Waals surface area contributed by atoms with Crippen molar-refractivity contribution in [2.24, 2.45) is 7.05 Å². The number of hydrogen-bond donors (Lipinski definition) is 0. The van der Waals surface area contributed by atoms with E-state index in [-0.39, 0.29) is 5.91 Å². The minimum absolute atomic E-state index is 0.188. The van der Waals surface area contributed by atoms with Crippen LogP contribution in [0.15, 0.2) is 42.7 Å². The second kappa shape index (κ2) is 17.4. The Hall–Kier alpha value is -2.73. The van der Waals surface area contributed by atoms with Crippen LogP contribution in [0.1, 0.15) is 109 Å².